The van der Waals surface area contributed by atoms with Crippen LogP contribution in [0.5, 0.6) is 5.75 Å². The molecule has 33 heavy (non-hydrogen) atoms. The Morgan fingerprint density at radius 2 is 1.45 bits per heavy atom. The van der Waals surface area contributed by atoms with Crippen molar-refractivity contribution in [3.63, 3.8) is 0 Å². The first-order valence-electron chi connectivity index (χ1n) is 11.5. The smallest absolute Gasteiger partial charge is 0.262 e. The first-order chi connectivity index (χ1) is 16.1. The largest absolute Gasteiger partial charge is 0.483 e. The van der Waals surface area contributed by atoms with E-state index in [1.165, 1.54) is 0 Å². The number of carbonyl (C=O) groups is 3. The normalized spacial score (nSPS) is 18.4. The predicted molar refractivity (Wildman–Crippen MR) is 125 cm³/mol. The highest BCUT2D eigenvalue weighted by atomic mass is 16.5. The van der Waals surface area contributed by atoms with Crippen LogP contribution in [0.4, 0.5) is 5.69 Å². The van der Waals surface area contributed by atoms with Gasteiger partial charge in [0.15, 0.2) is 18.2 Å². The Hall–Kier alpha value is -3.67. The number of rotatable bonds is 5. The third-order valence-electron chi connectivity index (χ3n) is 6.44. The van der Waals surface area contributed by atoms with Gasteiger partial charge in [0.1, 0.15) is 5.75 Å². The van der Waals surface area contributed by atoms with E-state index in [2.05, 4.69) is 10.6 Å². The van der Waals surface area contributed by atoms with Gasteiger partial charge in [-0.3, -0.25) is 14.4 Å². The zero-order valence-electron chi connectivity index (χ0n) is 18.4. The molecule has 6 nitrogen and oxygen atoms in total. The Bertz CT molecular complexity index is 1140. The molecule has 2 N–H and O–H groups in total. The van der Waals surface area contributed by atoms with Crippen LogP contribution in [0.1, 0.15) is 50.0 Å². The number of hydrogen-bond acceptors (Lipinski definition) is 5. The number of amides is 1. The van der Waals surface area contributed by atoms with Gasteiger partial charge < -0.3 is 15.4 Å². The monoisotopic (exact) mass is 442 g/mol. The van der Waals surface area contributed by atoms with Gasteiger partial charge in [0.05, 0.1) is 0 Å². The first-order valence-corrected chi connectivity index (χ1v) is 11.5. The minimum absolute atomic E-state index is 0.0790. The van der Waals surface area contributed by atoms with E-state index in [0.29, 0.717) is 35.4 Å². The van der Waals surface area contributed by atoms with Crippen LogP contribution in [0.25, 0.3) is 0 Å². The molecule has 2 aromatic carbocycles. The summed E-state index contributed by atoms with van der Waals surface area (Å²) >= 11 is 0. The molecule has 1 amide bonds. The summed E-state index contributed by atoms with van der Waals surface area (Å²) in [4.78, 5) is 38.5. The topological polar surface area (TPSA) is 84.5 Å². The standard InChI is InChI=1S/C27H26N2O4/c30-21-13-6-11-19-26(21)25(27-20(29-19)12-7-14-22(27)31)18-10-4-5-15-23(18)33-16-24(32)28-17-8-2-1-3-9-17/h1-5,8-10,15,25,29H,6-7,11-14,16H2,(H,28,32). The summed E-state index contributed by atoms with van der Waals surface area (Å²) in [5.74, 6) is -0.0532. The summed E-state index contributed by atoms with van der Waals surface area (Å²) in [5, 5.41) is 6.24. The molecule has 0 spiro atoms. The van der Waals surface area contributed by atoms with E-state index in [1.807, 2.05) is 48.5 Å². The lowest BCUT2D eigenvalue weighted by molar-refractivity contribution is -0.119. The molecule has 0 saturated carbocycles. The summed E-state index contributed by atoms with van der Waals surface area (Å²) in [7, 11) is 0. The lowest BCUT2D eigenvalue weighted by Crippen LogP contribution is -2.36. The van der Waals surface area contributed by atoms with Crippen LogP contribution in [-0.2, 0) is 14.4 Å². The second kappa shape index (κ2) is 9.06. The molecule has 0 unspecified atom stereocenters. The van der Waals surface area contributed by atoms with Crippen molar-refractivity contribution in [2.75, 3.05) is 11.9 Å². The van der Waals surface area contributed by atoms with Crippen molar-refractivity contribution in [2.24, 2.45) is 0 Å². The third kappa shape index (κ3) is 4.21. The molecule has 0 saturated heterocycles. The molecule has 3 aliphatic rings. The van der Waals surface area contributed by atoms with E-state index < -0.39 is 5.92 Å². The molecule has 168 valence electrons. The van der Waals surface area contributed by atoms with Crippen molar-refractivity contribution in [3.05, 3.63) is 82.7 Å². The van der Waals surface area contributed by atoms with Gasteiger partial charge in [-0.05, 0) is 43.9 Å². The van der Waals surface area contributed by atoms with E-state index in [4.69, 9.17) is 4.74 Å². The second-order valence-corrected chi connectivity index (χ2v) is 8.64. The van der Waals surface area contributed by atoms with Crippen molar-refractivity contribution < 1.29 is 19.1 Å². The molecule has 2 aromatic rings. The van der Waals surface area contributed by atoms with E-state index in [0.717, 1.165) is 42.6 Å². The average molecular weight is 443 g/mol. The Morgan fingerprint density at radius 3 is 2.12 bits per heavy atom. The molecule has 0 atom stereocenters. The third-order valence-corrected chi connectivity index (χ3v) is 6.44. The number of para-hydroxylation sites is 2. The van der Waals surface area contributed by atoms with Gasteiger partial charge in [0.2, 0.25) is 0 Å². The van der Waals surface area contributed by atoms with E-state index in [9.17, 15) is 14.4 Å². The fourth-order valence-corrected chi connectivity index (χ4v) is 5.01. The van der Waals surface area contributed by atoms with Crippen LogP contribution in [-0.4, -0.2) is 24.1 Å². The van der Waals surface area contributed by atoms with Crippen molar-refractivity contribution in [3.8, 4) is 5.75 Å². The maximum atomic E-state index is 13.0. The molecule has 0 radical (unpaired) electrons. The summed E-state index contributed by atoms with van der Waals surface area (Å²) in [6.07, 6.45) is 4.18. The Balaban J connectivity index is 1.47. The van der Waals surface area contributed by atoms with Gasteiger partial charge in [0, 0.05) is 52.6 Å². The Labute approximate surface area is 192 Å². The molecule has 5 rings (SSSR count). The SMILES string of the molecule is O=C(COc1ccccc1C1C2=C(CCCC2=O)NC2=C1C(=O)CCC2)Nc1ccccc1. The molecular formula is C27H26N2O4. The number of nitrogens with one attached hydrogen (secondary N) is 2. The molecule has 1 aliphatic heterocycles. The van der Waals surface area contributed by atoms with Crippen LogP contribution in [0, 0.1) is 0 Å². The van der Waals surface area contributed by atoms with Crippen molar-refractivity contribution in [2.45, 2.75) is 44.4 Å². The molecule has 6 heteroatoms. The zero-order chi connectivity index (χ0) is 22.8. The van der Waals surface area contributed by atoms with E-state index in [-0.39, 0.29) is 24.1 Å². The van der Waals surface area contributed by atoms with Crippen molar-refractivity contribution in [1.29, 1.82) is 0 Å². The number of Topliss-reactive ketones (excluding diaryl/α,β-unsaturated/α-hetero) is 2. The number of ether oxygens (including phenoxy) is 1. The van der Waals surface area contributed by atoms with Crippen LogP contribution in [0.15, 0.2) is 77.1 Å². The lowest BCUT2D eigenvalue weighted by atomic mass is 9.71. The summed E-state index contributed by atoms with van der Waals surface area (Å²) in [5.41, 5.74) is 4.68. The van der Waals surface area contributed by atoms with Gasteiger partial charge >= 0.3 is 0 Å². The number of benzene rings is 2. The van der Waals surface area contributed by atoms with Gasteiger partial charge in [-0.15, -0.1) is 0 Å². The van der Waals surface area contributed by atoms with Gasteiger partial charge in [-0.25, -0.2) is 0 Å². The lowest BCUT2D eigenvalue weighted by Gasteiger charge is -2.37. The predicted octanol–water partition coefficient (Wildman–Crippen LogP) is 4.41. The zero-order valence-corrected chi connectivity index (χ0v) is 18.4. The summed E-state index contributed by atoms with van der Waals surface area (Å²) in [6.45, 7) is -0.170. The van der Waals surface area contributed by atoms with Gasteiger partial charge in [-0.2, -0.15) is 0 Å². The summed E-state index contributed by atoms with van der Waals surface area (Å²) in [6, 6.07) is 16.6. The molecular weight excluding hydrogens is 416 g/mol. The van der Waals surface area contributed by atoms with Crippen molar-refractivity contribution in [1.82, 2.24) is 5.32 Å². The first kappa shape index (κ1) is 21.2. The fourth-order valence-electron chi connectivity index (χ4n) is 5.01. The van der Waals surface area contributed by atoms with Gasteiger partial charge in [0.25, 0.3) is 5.91 Å². The number of carbonyl (C=O) groups excluding carboxylic acids is 3. The Morgan fingerprint density at radius 1 is 0.848 bits per heavy atom. The molecule has 1 heterocycles. The molecule has 2 aliphatic carbocycles. The molecule has 0 fully saturated rings. The van der Waals surface area contributed by atoms with Crippen LogP contribution in [0.2, 0.25) is 0 Å². The summed E-state index contributed by atoms with van der Waals surface area (Å²) < 4.78 is 5.95. The van der Waals surface area contributed by atoms with E-state index >= 15 is 0 Å². The van der Waals surface area contributed by atoms with Crippen LogP contribution in [0.3, 0.4) is 0 Å². The second-order valence-electron chi connectivity index (χ2n) is 8.64. The fraction of sp³-hybridized carbons (Fsp3) is 0.296. The molecule has 0 bridgehead atoms. The number of dihydropyridines is 1. The van der Waals surface area contributed by atoms with Crippen LogP contribution >= 0.6 is 0 Å². The minimum Gasteiger partial charge on any atom is -0.483 e. The number of allylic oxidation sites excluding steroid dienone is 4. The average Bonchev–Trinajstić information content (AvgIpc) is 2.83. The number of hydrogen-bond donors (Lipinski definition) is 2. The quantitative estimate of drug-likeness (QED) is 0.717. The van der Waals surface area contributed by atoms with Crippen LogP contribution < -0.4 is 15.4 Å². The Kier molecular flexibility index (Phi) is 5.82. The highest BCUT2D eigenvalue weighted by Gasteiger charge is 2.41. The number of ketones is 2. The highest BCUT2D eigenvalue weighted by Crippen LogP contribution is 2.47. The highest BCUT2D eigenvalue weighted by molar-refractivity contribution is 6.06. The maximum absolute atomic E-state index is 13.0. The van der Waals surface area contributed by atoms with Crippen molar-refractivity contribution >= 4 is 23.2 Å². The van der Waals surface area contributed by atoms with E-state index in [1.54, 1.807) is 6.07 Å². The number of anilines is 1. The maximum Gasteiger partial charge on any atom is 0.262 e. The minimum atomic E-state index is -0.453. The molecule has 0 aromatic heterocycles. The van der Waals surface area contributed by atoms with Gasteiger partial charge in [-0.1, -0.05) is 36.4 Å².